The van der Waals surface area contributed by atoms with E-state index in [1.165, 1.54) is 0 Å². The van der Waals surface area contributed by atoms with Crippen LogP contribution in [0.15, 0.2) is 36.4 Å². The van der Waals surface area contributed by atoms with E-state index in [-0.39, 0.29) is 0 Å². The van der Waals surface area contributed by atoms with Crippen LogP contribution in [-0.4, -0.2) is 5.11 Å². The first-order valence-electron chi connectivity index (χ1n) is 5.14. The number of phenols is 1. The first kappa shape index (κ1) is 11.0. The lowest BCUT2D eigenvalue weighted by Gasteiger charge is -2.08. The van der Waals surface area contributed by atoms with Gasteiger partial charge in [0.1, 0.15) is 5.75 Å². The topological polar surface area (TPSA) is 20.2 Å². The third kappa shape index (κ3) is 2.05. The molecule has 0 unspecified atom stereocenters. The van der Waals surface area contributed by atoms with Gasteiger partial charge in [0.25, 0.3) is 0 Å². The number of rotatable bonds is 1. The van der Waals surface area contributed by atoms with Crippen LogP contribution in [0.2, 0.25) is 5.02 Å². The minimum Gasteiger partial charge on any atom is -0.508 e. The van der Waals surface area contributed by atoms with E-state index < -0.39 is 0 Å². The number of halogens is 1. The average molecular weight is 233 g/mol. The van der Waals surface area contributed by atoms with Gasteiger partial charge in [0.15, 0.2) is 0 Å². The highest BCUT2D eigenvalue weighted by Gasteiger charge is 2.04. The second-order valence-electron chi connectivity index (χ2n) is 3.96. The van der Waals surface area contributed by atoms with Gasteiger partial charge in [0, 0.05) is 5.02 Å². The van der Waals surface area contributed by atoms with E-state index in [4.69, 9.17) is 11.6 Å². The molecule has 0 bridgehead atoms. The lowest BCUT2D eigenvalue weighted by molar-refractivity contribution is 0.475. The van der Waals surface area contributed by atoms with Gasteiger partial charge in [0.05, 0.1) is 0 Å². The third-order valence-corrected chi connectivity index (χ3v) is 3.10. The normalized spacial score (nSPS) is 10.4. The molecular weight excluding hydrogens is 220 g/mol. The van der Waals surface area contributed by atoms with Crippen LogP contribution in [-0.2, 0) is 0 Å². The number of aromatic hydroxyl groups is 1. The maximum atomic E-state index is 9.36. The summed E-state index contributed by atoms with van der Waals surface area (Å²) in [6.07, 6.45) is 0. The van der Waals surface area contributed by atoms with Gasteiger partial charge in [-0.2, -0.15) is 0 Å². The maximum Gasteiger partial charge on any atom is 0.115 e. The molecule has 0 radical (unpaired) electrons. The minimum absolute atomic E-state index is 0.291. The monoisotopic (exact) mass is 232 g/mol. The second-order valence-corrected chi connectivity index (χ2v) is 4.37. The molecule has 0 fully saturated rings. The molecule has 0 saturated heterocycles. The van der Waals surface area contributed by atoms with E-state index >= 15 is 0 Å². The predicted octanol–water partition coefficient (Wildman–Crippen LogP) is 4.33. The fraction of sp³-hybridized carbons (Fsp3) is 0.143. The van der Waals surface area contributed by atoms with E-state index in [0.717, 1.165) is 27.3 Å². The highest BCUT2D eigenvalue weighted by Crippen LogP contribution is 2.29. The lowest BCUT2D eigenvalue weighted by Crippen LogP contribution is -1.84. The van der Waals surface area contributed by atoms with Crippen LogP contribution in [0, 0.1) is 13.8 Å². The Kier molecular flexibility index (Phi) is 2.88. The lowest BCUT2D eigenvalue weighted by atomic mass is 9.99. The Morgan fingerprint density at radius 1 is 0.938 bits per heavy atom. The van der Waals surface area contributed by atoms with Gasteiger partial charge in [-0.25, -0.2) is 0 Å². The van der Waals surface area contributed by atoms with Crippen molar-refractivity contribution in [1.82, 2.24) is 0 Å². The van der Waals surface area contributed by atoms with Crippen molar-refractivity contribution in [2.75, 3.05) is 0 Å². The zero-order valence-electron chi connectivity index (χ0n) is 9.29. The number of hydrogen-bond acceptors (Lipinski definition) is 1. The number of aryl methyl sites for hydroxylation is 2. The Morgan fingerprint density at radius 2 is 1.69 bits per heavy atom. The van der Waals surface area contributed by atoms with E-state index in [1.54, 1.807) is 12.1 Å². The molecule has 0 aliphatic carbocycles. The van der Waals surface area contributed by atoms with E-state index in [1.807, 2.05) is 38.1 Å². The first-order chi connectivity index (χ1) is 7.58. The van der Waals surface area contributed by atoms with Gasteiger partial charge >= 0.3 is 0 Å². The fourth-order valence-electron chi connectivity index (χ4n) is 1.73. The summed E-state index contributed by atoms with van der Waals surface area (Å²) in [6.45, 7) is 3.96. The predicted molar refractivity (Wildman–Crippen MR) is 68.0 cm³/mol. The van der Waals surface area contributed by atoms with E-state index in [2.05, 4.69) is 0 Å². The van der Waals surface area contributed by atoms with Crippen molar-refractivity contribution in [2.24, 2.45) is 0 Å². The van der Waals surface area contributed by atoms with Crippen LogP contribution in [0.3, 0.4) is 0 Å². The van der Waals surface area contributed by atoms with Crippen molar-refractivity contribution >= 4 is 11.6 Å². The molecule has 1 N–H and O–H groups in total. The quantitative estimate of drug-likeness (QED) is 0.776. The minimum atomic E-state index is 0.291. The van der Waals surface area contributed by atoms with Crippen molar-refractivity contribution in [2.45, 2.75) is 13.8 Å². The fourth-order valence-corrected chi connectivity index (χ4v) is 1.91. The number of phenolic OH excluding ortho intramolecular Hbond substituents is 1. The molecule has 0 spiro atoms. The van der Waals surface area contributed by atoms with Gasteiger partial charge in [-0.1, -0.05) is 29.8 Å². The molecular formula is C14H13ClO. The standard InChI is InChI=1S/C14H13ClO/c1-9-3-4-11(8-14(9)15)13-6-5-12(16)7-10(13)2/h3-8,16H,1-2H3. The molecule has 2 aromatic carbocycles. The van der Waals surface area contributed by atoms with Crippen molar-refractivity contribution in [3.05, 3.63) is 52.5 Å². The molecule has 0 amide bonds. The van der Waals surface area contributed by atoms with Crippen molar-refractivity contribution in [1.29, 1.82) is 0 Å². The van der Waals surface area contributed by atoms with Gasteiger partial charge < -0.3 is 5.11 Å². The summed E-state index contributed by atoms with van der Waals surface area (Å²) in [5.41, 5.74) is 4.29. The molecule has 0 atom stereocenters. The van der Waals surface area contributed by atoms with Crippen molar-refractivity contribution < 1.29 is 5.11 Å². The summed E-state index contributed by atoms with van der Waals surface area (Å²) < 4.78 is 0. The van der Waals surface area contributed by atoms with Crippen LogP contribution >= 0.6 is 11.6 Å². The average Bonchev–Trinajstić information content (AvgIpc) is 2.22. The highest BCUT2D eigenvalue weighted by atomic mass is 35.5. The van der Waals surface area contributed by atoms with Gasteiger partial charge in [-0.3, -0.25) is 0 Å². The van der Waals surface area contributed by atoms with Crippen LogP contribution < -0.4 is 0 Å². The summed E-state index contributed by atoms with van der Waals surface area (Å²) in [5, 5.41) is 10.1. The zero-order chi connectivity index (χ0) is 11.7. The molecule has 0 aromatic heterocycles. The zero-order valence-corrected chi connectivity index (χ0v) is 10.0. The molecule has 0 heterocycles. The first-order valence-corrected chi connectivity index (χ1v) is 5.52. The van der Waals surface area contributed by atoms with Gasteiger partial charge in [0.2, 0.25) is 0 Å². The number of benzene rings is 2. The largest absolute Gasteiger partial charge is 0.508 e. The van der Waals surface area contributed by atoms with Crippen LogP contribution in [0.4, 0.5) is 0 Å². The summed E-state index contributed by atoms with van der Waals surface area (Å²) in [6, 6.07) is 11.4. The highest BCUT2D eigenvalue weighted by molar-refractivity contribution is 6.31. The van der Waals surface area contributed by atoms with Crippen LogP contribution in [0.5, 0.6) is 5.75 Å². The Hall–Kier alpha value is -1.47. The Morgan fingerprint density at radius 3 is 2.31 bits per heavy atom. The Balaban J connectivity index is 2.54. The van der Waals surface area contributed by atoms with Crippen molar-refractivity contribution in [3.8, 4) is 16.9 Å². The second kappa shape index (κ2) is 4.18. The van der Waals surface area contributed by atoms with Crippen LogP contribution in [0.1, 0.15) is 11.1 Å². The molecule has 2 rings (SSSR count). The smallest absolute Gasteiger partial charge is 0.115 e. The summed E-state index contributed by atoms with van der Waals surface area (Å²) in [7, 11) is 0. The molecule has 82 valence electrons. The van der Waals surface area contributed by atoms with E-state index in [9.17, 15) is 5.11 Å². The maximum absolute atomic E-state index is 9.36. The summed E-state index contributed by atoms with van der Waals surface area (Å²) in [5.74, 6) is 0.291. The van der Waals surface area contributed by atoms with E-state index in [0.29, 0.717) is 5.75 Å². The van der Waals surface area contributed by atoms with Crippen LogP contribution in [0.25, 0.3) is 11.1 Å². The Bertz CT molecular complexity index is 532. The molecule has 0 aliphatic heterocycles. The Labute approximate surface area is 100 Å². The molecule has 0 aliphatic rings. The SMILES string of the molecule is Cc1ccc(-c2ccc(O)cc2C)cc1Cl. The molecule has 0 saturated carbocycles. The number of hydrogen-bond donors (Lipinski definition) is 1. The molecule has 2 heteroatoms. The van der Waals surface area contributed by atoms with Crippen molar-refractivity contribution in [3.63, 3.8) is 0 Å². The molecule has 2 aromatic rings. The molecule has 1 nitrogen and oxygen atoms in total. The summed E-state index contributed by atoms with van der Waals surface area (Å²) in [4.78, 5) is 0. The third-order valence-electron chi connectivity index (χ3n) is 2.69. The molecule has 16 heavy (non-hydrogen) atoms. The van der Waals surface area contributed by atoms with Gasteiger partial charge in [-0.15, -0.1) is 0 Å². The van der Waals surface area contributed by atoms with Gasteiger partial charge in [-0.05, 0) is 54.3 Å². The summed E-state index contributed by atoms with van der Waals surface area (Å²) >= 11 is 6.10.